The van der Waals surface area contributed by atoms with Crippen LogP contribution in [0.4, 0.5) is 4.79 Å². The number of rotatable bonds is 5. The Bertz CT molecular complexity index is 261. The van der Waals surface area contributed by atoms with Crippen LogP contribution in [0.5, 0.6) is 0 Å². The lowest BCUT2D eigenvalue weighted by Gasteiger charge is -2.19. The van der Waals surface area contributed by atoms with Crippen LogP contribution in [0.15, 0.2) is 0 Å². The molecule has 6 nitrogen and oxygen atoms in total. The van der Waals surface area contributed by atoms with Crippen molar-refractivity contribution in [2.24, 2.45) is 0 Å². The van der Waals surface area contributed by atoms with Crippen LogP contribution in [0.25, 0.3) is 0 Å². The highest BCUT2D eigenvalue weighted by Gasteiger charge is 2.15. The number of ether oxygens (including phenoxy) is 2. The highest BCUT2D eigenvalue weighted by atomic mass is 16.6. The second-order valence-electron chi connectivity index (χ2n) is 4.60. The molecule has 17 heavy (non-hydrogen) atoms. The third-order valence-electron chi connectivity index (χ3n) is 1.82. The molecule has 0 radical (unpaired) electrons. The second kappa shape index (κ2) is 7.11. The van der Waals surface area contributed by atoms with Crippen molar-refractivity contribution < 1.29 is 19.1 Å². The minimum absolute atomic E-state index is 0.210. The Morgan fingerprint density at radius 1 is 1.18 bits per heavy atom. The number of alkyl carbamates (subject to hydrolysis) is 1. The van der Waals surface area contributed by atoms with E-state index >= 15 is 0 Å². The molecule has 0 saturated heterocycles. The van der Waals surface area contributed by atoms with Gasteiger partial charge in [-0.2, -0.15) is 0 Å². The fourth-order valence-corrected chi connectivity index (χ4v) is 0.915. The molecule has 0 aliphatic rings. The smallest absolute Gasteiger partial charge is 0.407 e. The number of hydrogen-bond acceptors (Lipinski definition) is 4. The fraction of sp³-hybridized carbons (Fsp3) is 0.818. The molecule has 0 aromatic rings. The molecule has 0 aromatic heterocycles. The van der Waals surface area contributed by atoms with E-state index in [1.807, 2.05) is 0 Å². The van der Waals surface area contributed by atoms with E-state index in [1.165, 1.54) is 7.11 Å². The van der Waals surface area contributed by atoms with Crippen molar-refractivity contribution in [2.75, 3.05) is 20.2 Å². The van der Waals surface area contributed by atoms with Crippen molar-refractivity contribution in [1.29, 1.82) is 0 Å². The van der Waals surface area contributed by atoms with Gasteiger partial charge in [0.05, 0.1) is 0 Å². The van der Waals surface area contributed by atoms with Crippen LogP contribution < -0.4 is 10.6 Å². The molecule has 2 N–H and O–H groups in total. The summed E-state index contributed by atoms with van der Waals surface area (Å²) in [4.78, 5) is 22.5. The van der Waals surface area contributed by atoms with Gasteiger partial charge in [-0.05, 0) is 27.7 Å². The van der Waals surface area contributed by atoms with Crippen molar-refractivity contribution >= 4 is 12.0 Å². The molecule has 0 saturated carbocycles. The Labute approximate surface area is 102 Å². The van der Waals surface area contributed by atoms with Crippen molar-refractivity contribution in [3.8, 4) is 0 Å². The predicted molar refractivity (Wildman–Crippen MR) is 63.7 cm³/mol. The first kappa shape index (κ1) is 15.7. The molecule has 0 aromatic carbocycles. The number of carbonyl (C=O) groups excluding carboxylic acids is 2. The first-order valence-corrected chi connectivity index (χ1v) is 5.53. The Hall–Kier alpha value is -1.30. The zero-order chi connectivity index (χ0) is 13.5. The van der Waals surface area contributed by atoms with Crippen molar-refractivity contribution in [3.63, 3.8) is 0 Å². The fourth-order valence-electron chi connectivity index (χ4n) is 0.915. The average molecular weight is 246 g/mol. The molecule has 0 rings (SSSR count). The van der Waals surface area contributed by atoms with Crippen LogP contribution in [-0.4, -0.2) is 43.9 Å². The summed E-state index contributed by atoms with van der Waals surface area (Å²) in [5.74, 6) is -0.210. The van der Waals surface area contributed by atoms with E-state index in [0.717, 1.165) is 0 Å². The Morgan fingerprint density at radius 2 is 1.71 bits per heavy atom. The van der Waals surface area contributed by atoms with Crippen LogP contribution in [0.2, 0.25) is 0 Å². The van der Waals surface area contributed by atoms with Gasteiger partial charge in [0.25, 0.3) is 0 Å². The van der Waals surface area contributed by atoms with Gasteiger partial charge in [-0.1, -0.05) is 0 Å². The van der Waals surface area contributed by atoms with Crippen molar-refractivity contribution in [3.05, 3.63) is 0 Å². The summed E-state index contributed by atoms with van der Waals surface area (Å²) in [5.41, 5.74) is -0.516. The maximum absolute atomic E-state index is 11.3. The monoisotopic (exact) mass is 246 g/mol. The molecule has 0 aliphatic heterocycles. The summed E-state index contributed by atoms with van der Waals surface area (Å²) in [7, 11) is 1.46. The lowest BCUT2D eigenvalue weighted by atomic mass is 10.2. The molecule has 6 heteroatoms. The number of amides is 2. The maximum atomic E-state index is 11.3. The molecular weight excluding hydrogens is 224 g/mol. The second-order valence-corrected chi connectivity index (χ2v) is 4.60. The van der Waals surface area contributed by atoms with Crippen molar-refractivity contribution in [1.82, 2.24) is 10.6 Å². The molecule has 0 aliphatic carbocycles. The van der Waals surface area contributed by atoms with Gasteiger partial charge in [0.2, 0.25) is 5.91 Å². The average Bonchev–Trinajstić information content (AvgIpc) is 2.20. The maximum Gasteiger partial charge on any atom is 0.407 e. The highest BCUT2D eigenvalue weighted by molar-refractivity contribution is 5.80. The summed E-state index contributed by atoms with van der Waals surface area (Å²) in [6.45, 7) is 7.66. The number of nitrogens with one attached hydrogen (secondary N) is 2. The topological polar surface area (TPSA) is 76.7 Å². The zero-order valence-electron chi connectivity index (χ0n) is 11.1. The molecule has 0 bridgehead atoms. The van der Waals surface area contributed by atoms with Crippen molar-refractivity contribution in [2.45, 2.75) is 39.4 Å². The summed E-state index contributed by atoms with van der Waals surface area (Å²) >= 11 is 0. The minimum atomic E-state index is -0.516. The van der Waals surface area contributed by atoms with Crippen LogP contribution in [0.3, 0.4) is 0 Å². The summed E-state index contributed by atoms with van der Waals surface area (Å²) in [6.07, 6.45) is -0.983. The molecule has 0 heterocycles. The van der Waals surface area contributed by atoms with Gasteiger partial charge in [0, 0.05) is 20.2 Å². The first-order chi connectivity index (χ1) is 7.76. The van der Waals surface area contributed by atoms with E-state index in [9.17, 15) is 9.59 Å². The number of methoxy groups -OCH3 is 1. The summed E-state index contributed by atoms with van der Waals surface area (Å²) < 4.78 is 9.86. The standard InChI is InChI=1S/C11H22N2O4/c1-8(16-5)9(14)12-6-7-13-10(15)17-11(2,3)4/h8H,6-7H2,1-5H3,(H,12,14)(H,13,15). The normalized spacial score (nSPS) is 12.8. The Kier molecular flexibility index (Phi) is 6.57. The first-order valence-electron chi connectivity index (χ1n) is 5.53. The van der Waals surface area contributed by atoms with E-state index < -0.39 is 17.8 Å². The summed E-state index contributed by atoms with van der Waals surface area (Å²) in [5, 5.41) is 5.15. The Balaban J connectivity index is 3.65. The van der Waals surface area contributed by atoms with Crippen LogP contribution >= 0.6 is 0 Å². The molecular formula is C11H22N2O4. The van der Waals surface area contributed by atoms with E-state index in [1.54, 1.807) is 27.7 Å². The number of hydrogen-bond donors (Lipinski definition) is 2. The molecule has 2 amide bonds. The van der Waals surface area contributed by atoms with E-state index in [-0.39, 0.29) is 5.91 Å². The van der Waals surface area contributed by atoms with Gasteiger partial charge in [-0.15, -0.1) is 0 Å². The Morgan fingerprint density at radius 3 is 2.18 bits per heavy atom. The third-order valence-corrected chi connectivity index (χ3v) is 1.82. The van der Waals surface area contributed by atoms with Gasteiger partial charge >= 0.3 is 6.09 Å². The van der Waals surface area contributed by atoms with Crippen LogP contribution in [-0.2, 0) is 14.3 Å². The van der Waals surface area contributed by atoms with E-state index in [2.05, 4.69) is 10.6 Å². The predicted octanol–water partition coefficient (Wildman–Crippen LogP) is 0.662. The largest absolute Gasteiger partial charge is 0.444 e. The molecule has 0 spiro atoms. The minimum Gasteiger partial charge on any atom is -0.444 e. The SMILES string of the molecule is COC(C)C(=O)NCCNC(=O)OC(C)(C)C. The van der Waals surface area contributed by atoms with Crippen LogP contribution in [0, 0.1) is 0 Å². The van der Waals surface area contributed by atoms with Gasteiger partial charge in [0.1, 0.15) is 11.7 Å². The molecule has 100 valence electrons. The summed E-state index contributed by atoms with van der Waals surface area (Å²) in [6, 6.07) is 0. The zero-order valence-corrected chi connectivity index (χ0v) is 11.1. The van der Waals surface area contributed by atoms with Crippen LogP contribution in [0.1, 0.15) is 27.7 Å². The number of carbonyl (C=O) groups is 2. The van der Waals surface area contributed by atoms with Gasteiger partial charge in [-0.3, -0.25) is 4.79 Å². The van der Waals surface area contributed by atoms with E-state index in [0.29, 0.717) is 13.1 Å². The van der Waals surface area contributed by atoms with Gasteiger partial charge in [0.15, 0.2) is 0 Å². The third kappa shape index (κ3) is 8.50. The molecule has 1 unspecified atom stereocenters. The van der Waals surface area contributed by atoms with E-state index in [4.69, 9.17) is 9.47 Å². The quantitative estimate of drug-likeness (QED) is 0.699. The lowest BCUT2D eigenvalue weighted by molar-refractivity contribution is -0.129. The van der Waals surface area contributed by atoms with Gasteiger partial charge in [-0.25, -0.2) is 4.79 Å². The lowest BCUT2D eigenvalue weighted by Crippen LogP contribution is -2.40. The molecule has 1 atom stereocenters. The van der Waals surface area contributed by atoms with Gasteiger partial charge < -0.3 is 20.1 Å². The highest BCUT2D eigenvalue weighted by Crippen LogP contribution is 2.05. The molecule has 0 fully saturated rings.